The zero-order valence-electron chi connectivity index (χ0n) is 12.0. The molecule has 3 rings (SSSR count). The molecule has 2 heterocycles. The standard InChI is InChI=1S/C16H10F3N3O/c1-9-13(7-20)22-6-2-3-14(16(22)21-9)23-8-10-11(17)4-5-12(18)15(10)19/h2-6H,8H2,1H3. The molecule has 0 aliphatic heterocycles. The number of halogens is 3. The summed E-state index contributed by atoms with van der Waals surface area (Å²) in [6, 6.07) is 6.74. The summed E-state index contributed by atoms with van der Waals surface area (Å²) in [5.41, 5.74) is 0.690. The predicted octanol–water partition coefficient (Wildman–Crippen LogP) is 3.51. The van der Waals surface area contributed by atoms with Crippen LogP contribution >= 0.6 is 0 Å². The number of aromatic nitrogens is 2. The number of pyridine rings is 1. The van der Waals surface area contributed by atoms with Gasteiger partial charge >= 0.3 is 0 Å². The van der Waals surface area contributed by atoms with Gasteiger partial charge in [0.05, 0.1) is 11.3 Å². The molecule has 0 aliphatic rings. The molecule has 0 spiro atoms. The number of fused-ring (bicyclic) bond motifs is 1. The lowest BCUT2D eigenvalue weighted by molar-refractivity contribution is 0.291. The van der Waals surface area contributed by atoms with Gasteiger partial charge in [0.15, 0.2) is 23.0 Å². The van der Waals surface area contributed by atoms with E-state index in [1.165, 1.54) is 4.40 Å². The fourth-order valence-electron chi connectivity index (χ4n) is 2.25. The first-order chi connectivity index (χ1) is 11.0. The van der Waals surface area contributed by atoms with Crippen LogP contribution in [0.4, 0.5) is 13.2 Å². The molecule has 23 heavy (non-hydrogen) atoms. The minimum atomic E-state index is -1.28. The Morgan fingerprint density at radius 2 is 1.96 bits per heavy atom. The summed E-state index contributed by atoms with van der Waals surface area (Å²) >= 11 is 0. The Morgan fingerprint density at radius 1 is 1.22 bits per heavy atom. The van der Waals surface area contributed by atoms with Gasteiger partial charge in [0.1, 0.15) is 24.2 Å². The highest BCUT2D eigenvalue weighted by Gasteiger charge is 2.16. The minimum absolute atomic E-state index is 0.236. The highest BCUT2D eigenvalue weighted by molar-refractivity contribution is 5.57. The number of rotatable bonds is 3. The van der Waals surface area contributed by atoms with Crippen molar-refractivity contribution >= 4 is 5.65 Å². The highest BCUT2D eigenvalue weighted by Crippen LogP contribution is 2.24. The maximum atomic E-state index is 13.6. The molecule has 0 saturated heterocycles. The normalized spacial score (nSPS) is 10.7. The molecule has 0 fully saturated rings. The predicted molar refractivity (Wildman–Crippen MR) is 75.3 cm³/mol. The number of hydrogen-bond acceptors (Lipinski definition) is 3. The molecule has 0 bridgehead atoms. The Hall–Kier alpha value is -3.01. The third-order valence-electron chi connectivity index (χ3n) is 3.41. The van der Waals surface area contributed by atoms with Gasteiger partial charge in [0.25, 0.3) is 0 Å². The minimum Gasteiger partial charge on any atom is -0.485 e. The van der Waals surface area contributed by atoms with Crippen LogP contribution in [0, 0.1) is 35.7 Å². The number of aryl methyl sites for hydroxylation is 1. The fourth-order valence-corrected chi connectivity index (χ4v) is 2.25. The molecule has 0 N–H and O–H groups in total. The van der Waals surface area contributed by atoms with Crippen molar-refractivity contribution < 1.29 is 17.9 Å². The molecule has 3 aromatic rings. The molecular formula is C16H10F3N3O. The molecule has 0 aliphatic carbocycles. The zero-order valence-corrected chi connectivity index (χ0v) is 12.0. The van der Waals surface area contributed by atoms with Crippen LogP contribution in [-0.2, 0) is 6.61 Å². The van der Waals surface area contributed by atoms with Gasteiger partial charge in [-0.05, 0) is 31.2 Å². The molecule has 1 aromatic carbocycles. The van der Waals surface area contributed by atoms with E-state index >= 15 is 0 Å². The number of nitriles is 1. The summed E-state index contributed by atoms with van der Waals surface area (Å²) in [4.78, 5) is 4.21. The third kappa shape index (κ3) is 2.48. The van der Waals surface area contributed by atoms with Crippen molar-refractivity contribution in [2.24, 2.45) is 0 Å². The van der Waals surface area contributed by atoms with Gasteiger partial charge < -0.3 is 4.74 Å². The summed E-state index contributed by atoms with van der Waals surface area (Å²) in [6.45, 7) is 1.17. The molecule has 0 unspecified atom stereocenters. The average molecular weight is 317 g/mol. The second kappa shape index (κ2) is 5.65. The summed E-state index contributed by atoms with van der Waals surface area (Å²) in [7, 11) is 0. The smallest absolute Gasteiger partial charge is 0.181 e. The van der Waals surface area contributed by atoms with Gasteiger partial charge in [-0.1, -0.05) is 0 Å². The highest BCUT2D eigenvalue weighted by atomic mass is 19.2. The van der Waals surface area contributed by atoms with E-state index in [-0.39, 0.29) is 5.75 Å². The summed E-state index contributed by atoms with van der Waals surface area (Å²) in [6.07, 6.45) is 1.63. The Bertz CT molecular complexity index is 944. The van der Waals surface area contributed by atoms with Crippen molar-refractivity contribution in [3.05, 3.63) is 64.9 Å². The molecule has 0 saturated carbocycles. The van der Waals surface area contributed by atoms with E-state index in [4.69, 9.17) is 10.00 Å². The van der Waals surface area contributed by atoms with Crippen LogP contribution < -0.4 is 4.74 Å². The van der Waals surface area contributed by atoms with Crippen LogP contribution in [0.1, 0.15) is 17.0 Å². The van der Waals surface area contributed by atoms with Gasteiger partial charge in [-0.25, -0.2) is 18.2 Å². The van der Waals surface area contributed by atoms with Crippen molar-refractivity contribution in [3.63, 3.8) is 0 Å². The monoisotopic (exact) mass is 317 g/mol. The van der Waals surface area contributed by atoms with Crippen LogP contribution in [-0.4, -0.2) is 9.38 Å². The Morgan fingerprint density at radius 3 is 2.70 bits per heavy atom. The van der Waals surface area contributed by atoms with Crippen LogP contribution in [0.2, 0.25) is 0 Å². The summed E-state index contributed by atoms with van der Waals surface area (Å²) < 4.78 is 47.4. The maximum Gasteiger partial charge on any atom is 0.181 e. The summed E-state index contributed by atoms with van der Waals surface area (Å²) in [5, 5.41) is 9.11. The van der Waals surface area contributed by atoms with E-state index in [0.29, 0.717) is 23.1 Å². The van der Waals surface area contributed by atoms with E-state index in [1.54, 1.807) is 25.3 Å². The Kier molecular flexibility index (Phi) is 3.66. The first-order valence-electron chi connectivity index (χ1n) is 6.66. The van der Waals surface area contributed by atoms with Crippen molar-refractivity contribution in [2.75, 3.05) is 0 Å². The van der Waals surface area contributed by atoms with E-state index < -0.39 is 29.6 Å². The lowest BCUT2D eigenvalue weighted by Crippen LogP contribution is -2.05. The van der Waals surface area contributed by atoms with E-state index in [9.17, 15) is 13.2 Å². The lowest BCUT2D eigenvalue weighted by Gasteiger charge is -2.09. The van der Waals surface area contributed by atoms with Crippen molar-refractivity contribution in [1.29, 1.82) is 5.26 Å². The van der Waals surface area contributed by atoms with Crippen LogP contribution in [0.3, 0.4) is 0 Å². The number of hydrogen-bond donors (Lipinski definition) is 0. The maximum absolute atomic E-state index is 13.6. The van der Waals surface area contributed by atoms with E-state index in [2.05, 4.69) is 4.98 Å². The molecule has 0 radical (unpaired) electrons. The molecular weight excluding hydrogens is 307 g/mol. The number of imidazole rings is 1. The molecule has 0 atom stereocenters. The van der Waals surface area contributed by atoms with Gasteiger partial charge in [-0.3, -0.25) is 4.40 Å². The van der Waals surface area contributed by atoms with E-state index in [0.717, 1.165) is 6.07 Å². The largest absolute Gasteiger partial charge is 0.485 e. The van der Waals surface area contributed by atoms with Gasteiger partial charge in [0.2, 0.25) is 0 Å². The van der Waals surface area contributed by atoms with Gasteiger partial charge in [-0.2, -0.15) is 5.26 Å². The number of benzene rings is 1. The lowest BCUT2D eigenvalue weighted by atomic mass is 10.2. The quantitative estimate of drug-likeness (QED) is 0.695. The average Bonchev–Trinajstić information content (AvgIpc) is 2.87. The third-order valence-corrected chi connectivity index (χ3v) is 3.41. The van der Waals surface area contributed by atoms with Crippen molar-refractivity contribution in [2.45, 2.75) is 13.5 Å². The van der Waals surface area contributed by atoms with Gasteiger partial charge in [-0.15, -0.1) is 0 Å². The fraction of sp³-hybridized carbons (Fsp3) is 0.125. The van der Waals surface area contributed by atoms with Crippen molar-refractivity contribution in [1.82, 2.24) is 9.38 Å². The van der Waals surface area contributed by atoms with Crippen LogP contribution in [0.15, 0.2) is 30.5 Å². The SMILES string of the molecule is Cc1nc2c(OCc3c(F)ccc(F)c3F)cccn2c1C#N. The molecule has 0 amide bonds. The molecule has 7 heteroatoms. The first kappa shape index (κ1) is 14.9. The Balaban J connectivity index is 1.98. The molecule has 4 nitrogen and oxygen atoms in total. The van der Waals surface area contributed by atoms with E-state index in [1.807, 2.05) is 6.07 Å². The molecule has 2 aromatic heterocycles. The first-order valence-corrected chi connectivity index (χ1v) is 6.66. The molecule has 116 valence electrons. The van der Waals surface area contributed by atoms with Crippen LogP contribution in [0.5, 0.6) is 5.75 Å². The van der Waals surface area contributed by atoms with Crippen molar-refractivity contribution in [3.8, 4) is 11.8 Å². The number of ether oxygens (including phenoxy) is 1. The number of nitrogens with zero attached hydrogens (tertiary/aromatic N) is 3. The zero-order chi connectivity index (χ0) is 16.6. The second-order valence-corrected chi connectivity index (χ2v) is 4.83. The topological polar surface area (TPSA) is 50.3 Å². The Labute approximate surface area is 129 Å². The van der Waals surface area contributed by atoms with Crippen LogP contribution in [0.25, 0.3) is 5.65 Å². The second-order valence-electron chi connectivity index (χ2n) is 4.83. The van der Waals surface area contributed by atoms with Gasteiger partial charge in [0, 0.05) is 6.20 Å². The summed E-state index contributed by atoms with van der Waals surface area (Å²) in [5.74, 6) is -3.09.